The number of rotatable bonds is 3. The lowest BCUT2D eigenvalue weighted by atomic mass is 10.0. The molecule has 0 saturated carbocycles. The van der Waals surface area contributed by atoms with Crippen LogP contribution in [-0.4, -0.2) is 15.8 Å². The summed E-state index contributed by atoms with van der Waals surface area (Å²) in [5.74, 6) is 0. The highest BCUT2D eigenvalue weighted by Gasteiger charge is 2.13. The second-order valence-electron chi connectivity index (χ2n) is 5.64. The first-order valence-electron chi connectivity index (χ1n) is 7.35. The molecule has 0 aliphatic heterocycles. The van der Waals surface area contributed by atoms with Gasteiger partial charge in [0.25, 0.3) is 0 Å². The molecule has 4 aromatic rings. The van der Waals surface area contributed by atoms with Gasteiger partial charge in [-0.05, 0) is 17.7 Å². The van der Waals surface area contributed by atoms with Crippen molar-refractivity contribution >= 4 is 28.1 Å². The highest BCUT2D eigenvalue weighted by Crippen LogP contribution is 2.27. The van der Waals surface area contributed by atoms with E-state index in [0.29, 0.717) is 0 Å². The summed E-state index contributed by atoms with van der Waals surface area (Å²) in [6.45, 7) is 0. The van der Waals surface area contributed by atoms with Crippen LogP contribution in [0.2, 0.25) is 0 Å². The third-order valence-corrected chi connectivity index (χ3v) is 4.29. The van der Waals surface area contributed by atoms with E-state index in [1.54, 1.807) is 0 Å². The van der Waals surface area contributed by atoms with Gasteiger partial charge in [0.1, 0.15) is 0 Å². The topological polar surface area (TPSA) is 37.8 Å². The monoisotopic (exact) mass is 288 g/mol. The van der Waals surface area contributed by atoms with Crippen LogP contribution < -0.4 is 0 Å². The Morgan fingerprint density at radius 2 is 1.77 bits per heavy atom. The molecule has 22 heavy (non-hydrogen) atoms. The Labute approximate surface area is 128 Å². The molecule has 0 unspecified atom stereocenters. The van der Waals surface area contributed by atoms with E-state index in [4.69, 9.17) is 0 Å². The zero-order valence-corrected chi connectivity index (χ0v) is 12.3. The number of H-pyrrole nitrogens is 1. The molecule has 4 rings (SSSR count). The average Bonchev–Trinajstić information content (AvgIpc) is 3.06. The minimum atomic E-state index is 0.726. The molecular formula is C19H16N2O. The number of aryl methyl sites for hydroxylation is 1. The number of aromatic nitrogens is 2. The molecule has 3 heteroatoms. The van der Waals surface area contributed by atoms with Crippen LogP contribution in [0, 0.1) is 0 Å². The molecule has 0 bridgehead atoms. The van der Waals surface area contributed by atoms with Crippen molar-refractivity contribution in [3.63, 3.8) is 0 Å². The fraction of sp³-hybridized carbons (Fsp3) is 0.105. The van der Waals surface area contributed by atoms with Crippen molar-refractivity contribution in [1.29, 1.82) is 0 Å². The van der Waals surface area contributed by atoms with Gasteiger partial charge in [0.05, 0.1) is 0 Å². The SMILES string of the molecule is Cn1cc(Cc2[nH]c3ccccc3c2C=O)c2ccccc21. The van der Waals surface area contributed by atoms with Crippen LogP contribution in [0.25, 0.3) is 21.8 Å². The number of fused-ring (bicyclic) bond motifs is 2. The predicted octanol–water partition coefficient (Wildman–Crippen LogP) is 4.06. The van der Waals surface area contributed by atoms with Gasteiger partial charge >= 0.3 is 0 Å². The number of nitrogens with one attached hydrogen (secondary N) is 1. The predicted molar refractivity (Wildman–Crippen MR) is 89.4 cm³/mol. The van der Waals surface area contributed by atoms with Crippen LogP contribution in [0.1, 0.15) is 21.6 Å². The third kappa shape index (κ3) is 1.86. The van der Waals surface area contributed by atoms with Crippen LogP contribution >= 0.6 is 0 Å². The Bertz CT molecular complexity index is 991. The molecule has 2 heterocycles. The van der Waals surface area contributed by atoms with Crippen LogP contribution in [0.4, 0.5) is 0 Å². The number of hydrogen-bond acceptors (Lipinski definition) is 1. The summed E-state index contributed by atoms with van der Waals surface area (Å²) in [6, 6.07) is 16.3. The molecule has 0 aliphatic rings. The molecule has 0 saturated heterocycles. The summed E-state index contributed by atoms with van der Waals surface area (Å²) in [7, 11) is 2.05. The average molecular weight is 288 g/mol. The van der Waals surface area contributed by atoms with E-state index in [1.807, 2.05) is 30.3 Å². The number of carbonyl (C=O) groups excluding carboxylic acids is 1. The van der Waals surface area contributed by atoms with Crippen molar-refractivity contribution in [3.05, 3.63) is 71.5 Å². The quantitative estimate of drug-likeness (QED) is 0.567. The van der Waals surface area contributed by atoms with Crippen LogP contribution in [-0.2, 0) is 13.5 Å². The van der Waals surface area contributed by atoms with Crippen LogP contribution in [0.15, 0.2) is 54.7 Å². The standard InChI is InChI=1S/C19H16N2O/c1-21-11-13(14-6-3-5-9-19(14)21)10-18-16(12-22)15-7-2-4-8-17(15)20-18/h2-9,11-12,20H,10H2,1H3. The zero-order chi connectivity index (χ0) is 15.1. The minimum absolute atomic E-state index is 0.726. The maximum absolute atomic E-state index is 11.5. The maximum Gasteiger partial charge on any atom is 0.152 e. The smallest absolute Gasteiger partial charge is 0.152 e. The molecule has 108 valence electrons. The lowest BCUT2D eigenvalue weighted by Gasteiger charge is -1.99. The molecule has 2 aromatic carbocycles. The molecule has 1 N–H and O–H groups in total. The van der Waals surface area contributed by atoms with Crippen molar-refractivity contribution in [3.8, 4) is 0 Å². The van der Waals surface area contributed by atoms with Gasteiger partial charge in [-0.2, -0.15) is 0 Å². The largest absolute Gasteiger partial charge is 0.358 e. The lowest BCUT2D eigenvalue weighted by Crippen LogP contribution is -1.92. The second kappa shape index (κ2) is 4.88. The number of aldehydes is 1. The normalized spacial score (nSPS) is 11.3. The Morgan fingerprint density at radius 3 is 2.59 bits per heavy atom. The van der Waals surface area contributed by atoms with Gasteiger partial charge in [0, 0.05) is 52.7 Å². The van der Waals surface area contributed by atoms with Crippen molar-refractivity contribution in [2.45, 2.75) is 6.42 Å². The number of aromatic amines is 1. The van der Waals surface area contributed by atoms with Gasteiger partial charge < -0.3 is 9.55 Å². The summed E-state index contributed by atoms with van der Waals surface area (Å²) in [5, 5.41) is 2.23. The van der Waals surface area contributed by atoms with E-state index in [0.717, 1.165) is 34.9 Å². The van der Waals surface area contributed by atoms with Crippen molar-refractivity contribution < 1.29 is 4.79 Å². The summed E-state index contributed by atoms with van der Waals surface area (Å²) in [4.78, 5) is 14.9. The van der Waals surface area contributed by atoms with Gasteiger partial charge in [-0.3, -0.25) is 4.79 Å². The summed E-state index contributed by atoms with van der Waals surface area (Å²) < 4.78 is 2.13. The van der Waals surface area contributed by atoms with Gasteiger partial charge in [-0.1, -0.05) is 36.4 Å². The molecule has 0 amide bonds. The minimum Gasteiger partial charge on any atom is -0.358 e. The zero-order valence-electron chi connectivity index (χ0n) is 12.3. The van der Waals surface area contributed by atoms with E-state index >= 15 is 0 Å². The van der Waals surface area contributed by atoms with E-state index in [1.165, 1.54) is 16.5 Å². The Morgan fingerprint density at radius 1 is 1.05 bits per heavy atom. The van der Waals surface area contributed by atoms with Crippen LogP contribution in [0.3, 0.4) is 0 Å². The molecule has 0 atom stereocenters. The van der Waals surface area contributed by atoms with E-state index < -0.39 is 0 Å². The molecule has 0 radical (unpaired) electrons. The third-order valence-electron chi connectivity index (χ3n) is 4.29. The van der Waals surface area contributed by atoms with Gasteiger partial charge in [0.15, 0.2) is 6.29 Å². The van der Waals surface area contributed by atoms with E-state index in [2.05, 4.69) is 41.0 Å². The van der Waals surface area contributed by atoms with Gasteiger partial charge in [0.2, 0.25) is 0 Å². The van der Waals surface area contributed by atoms with Gasteiger partial charge in [-0.15, -0.1) is 0 Å². The van der Waals surface area contributed by atoms with Crippen molar-refractivity contribution in [2.24, 2.45) is 7.05 Å². The fourth-order valence-electron chi connectivity index (χ4n) is 3.25. The Balaban J connectivity index is 1.88. The second-order valence-corrected chi connectivity index (χ2v) is 5.64. The van der Waals surface area contributed by atoms with E-state index in [9.17, 15) is 4.79 Å². The fourth-order valence-corrected chi connectivity index (χ4v) is 3.25. The maximum atomic E-state index is 11.5. The summed E-state index contributed by atoms with van der Waals surface area (Å²) in [6.07, 6.45) is 3.83. The number of carbonyl (C=O) groups is 1. The molecule has 0 spiro atoms. The number of benzene rings is 2. The molecule has 0 fully saturated rings. The van der Waals surface area contributed by atoms with Crippen LogP contribution in [0.5, 0.6) is 0 Å². The highest BCUT2D eigenvalue weighted by molar-refractivity contribution is 5.99. The molecule has 2 aromatic heterocycles. The Kier molecular flexibility index (Phi) is 2.86. The molecule has 3 nitrogen and oxygen atoms in total. The summed E-state index contributed by atoms with van der Waals surface area (Å²) >= 11 is 0. The number of hydrogen-bond donors (Lipinski definition) is 1. The van der Waals surface area contributed by atoms with Crippen molar-refractivity contribution in [2.75, 3.05) is 0 Å². The lowest BCUT2D eigenvalue weighted by molar-refractivity contribution is 0.112. The Hall–Kier alpha value is -2.81. The van der Waals surface area contributed by atoms with Crippen molar-refractivity contribution in [1.82, 2.24) is 9.55 Å². The first-order chi connectivity index (χ1) is 10.8. The summed E-state index contributed by atoms with van der Waals surface area (Å²) in [5.41, 5.74) is 5.20. The number of para-hydroxylation sites is 2. The first-order valence-corrected chi connectivity index (χ1v) is 7.35. The molecule has 0 aliphatic carbocycles. The first kappa shape index (κ1) is 12.9. The highest BCUT2D eigenvalue weighted by atomic mass is 16.1. The number of nitrogens with zero attached hydrogens (tertiary/aromatic N) is 1. The van der Waals surface area contributed by atoms with E-state index in [-0.39, 0.29) is 0 Å². The van der Waals surface area contributed by atoms with Gasteiger partial charge in [-0.25, -0.2) is 0 Å². The molecular weight excluding hydrogens is 272 g/mol.